The van der Waals surface area contributed by atoms with Gasteiger partial charge in [0, 0.05) is 11.5 Å². The molecule has 2 rings (SSSR count). The van der Waals surface area contributed by atoms with Gasteiger partial charge in [0.05, 0.1) is 17.0 Å². The third-order valence-electron chi connectivity index (χ3n) is 2.71. The molecule has 0 spiro atoms. The molecule has 0 aliphatic heterocycles. The number of rotatable bonds is 4. The molecule has 0 fully saturated rings. The van der Waals surface area contributed by atoms with Crippen molar-refractivity contribution in [3.63, 3.8) is 0 Å². The number of benzene rings is 1. The molecule has 0 radical (unpaired) electrons. The summed E-state index contributed by atoms with van der Waals surface area (Å²) in [6, 6.07) is 6.91. The average molecular weight is 297 g/mol. The highest BCUT2D eigenvalue weighted by Gasteiger charge is 2.25. The first kappa shape index (κ1) is 14.7. The van der Waals surface area contributed by atoms with E-state index in [0.717, 1.165) is 0 Å². The van der Waals surface area contributed by atoms with E-state index >= 15 is 0 Å². The van der Waals surface area contributed by atoms with Crippen LogP contribution in [0.2, 0.25) is 0 Å². The van der Waals surface area contributed by atoms with Crippen molar-refractivity contribution in [1.29, 1.82) is 0 Å². The lowest BCUT2D eigenvalue weighted by molar-refractivity contribution is 0.208. The molecule has 0 aliphatic rings. The molecule has 108 valence electrons. The van der Waals surface area contributed by atoms with Crippen molar-refractivity contribution in [2.24, 2.45) is 0 Å². The van der Waals surface area contributed by atoms with Crippen molar-refractivity contribution in [3.8, 4) is 0 Å². The van der Waals surface area contributed by atoms with Crippen LogP contribution < -0.4 is 10.3 Å². The van der Waals surface area contributed by atoms with Gasteiger partial charge < -0.3 is 9.52 Å². The van der Waals surface area contributed by atoms with Crippen LogP contribution in [-0.2, 0) is 10.0 Å². The van der Waals surface area contributed by atoms with Crippen molar-refractivity contribution < 1.29 is 17.9 Å². The summed E-state index contributed by atoms with van der Waals surface area (Å²) in [5, 5.41) is 9.64. The van der Waals surface area contributed by atoms with E-state index in [1.807, 2.05) is 0 Å². The molecule has 0 saturated carbocycles. The van der Waals surface area contributed by atoms with Crippen molar-refractivity contribution >= 4 is 21.0 Å². The SMILES string of the molecule is CC(C)(CO)NS(=O)(=O)c1ccc2oc(=O)ccc2c1. The lowest BCUT2D eigenvalue weighted by Gasteiger charge is -2.23. The molecule has 0 amide bonds. The first-order valence-electron chi connectivity index (χ1n) is 5.92. The molecule has 20 heavy (non-hydrogen) atoms. The fraction of sp³-hybridized carbons (Fsp3) is 0.308. The van der Waals surface area contributed by atoms with Crippen molar-refractivity contribution in [2.45, 2.75) is 24.3 Å². The Morgan fingerprint density at radius 1 is 1.25 bits per heavy atom. The van der Waals surface area contributed by atoms with E-state index < -0.39 is 21.2 Å². The maximum Gasteiger partial charge on any atom is 0.336 e. The number of fused-ring (bicyclic) bond motifs is 1. The average Bonchev–Trinajstić information content (AvgIpc) is 2.37. The minimum atomic E-state index is -3.76. The van der Waals surface area contributed by atoms with Gasteiger partial charge in [-0.3, -0.25) is 0 Å². The molecular formula is C13H15NO5S. The van der Waals surface area contributed by atoms with Gasteiger partial charge >= 0.3 is 5.63 Å². The molecule has 1 heterocycles. The highest BCUT2D eigenvalue weighted by molar-refractivity contribution is 7.89. The minimum Gasteiger partial charge on any atom is -0.423 e. The van der Waals surface area contributed by atoms with Crippen LogP contribution in [0.5, 0.6) is 0 Å². The van der Waals surface area contributed by atoms with Gasteiger partial charge in [0.25, 0.3) is 0 Å². The van der Waals surface area contributed by atoms with Gasteiger partial charge in [-0.25, -0.2) is 17.9 Å². The van der Waals surface area contributed by atoms with E-state index in [9.17, 15) is 13.2 Å². The van der Waals surface area contributed by atoms with Gasteiger partial charge in [0.1, 0.15) is 5.58 Å². The summed E-state index contributed by atoms with van der Waals surface area (Å²) in [6.45, 7) is 2.82. The van der Waals surface area contributed by atoms with E-state index in [1.165, 1.54) is 30.3 Å². The smallest absolute Gasteiger partial charge is 0.336 e. The molecule has 1 aromatic heterocycles. The highest BCUT2D eigenvalue weighted by Crippen LogP contribution is 2.19. The lowest BCUT2D eigenvalue weighted by atomic mass is 10.1. The van der Waals surface area contributed by atoms with Crippen LogP contribution >= 0.6 is 0 Å². The van der Waals surface area contributed by atoms with Gasteiger partial charge in [-0.1, -0.05) is 0 Å². The molecule has 0 unspecified atom stereocenters. The maximum atomic E-state index is 12.2. The molecule has 1 aromatic carbocycles. The third-order valence-corrected chi connectivity index (χ3v) is 4.40. The van der Waals surface area contributed by atoms with E-state index in [4.69, 9.17) is 9.52 Å². The van der Waals surface area contributed by atoms with E-state index in [2.05, 4.69) is 4.72 Å². The molecule has 7 heteroatoms. The van der Waals surface area contributed by atoms with Gasteiger partial charge in [-0.05, 0) is 38.1 Å². The Hall–Kier alpha value is -1.70. The Kier molecular flexibility index (Phi) is 3.68. The van der Waals surface area contributed by atoms with Gasteiger partial charge in [-0.2, -0.15) is 0 Å². The van der Waals surface area contributed by atoms with Crippen LogP contribution in [0, 0.1) is 0 Å². The standard InChI is InChI=1S/C13H15NO5S/c1-13(2,8-15)14-20(17,18)10-4-5-11-9(7-10)3-6-12(16)19-11/h3-7,14-15H,8H2,1-2H3. The summed E-state index contributed by atoms with van der Waals surface area (Å²) in [5.74, 6) is 0. The van der Waals surface area contributed by atoms with Crippen LogP contribution in [0.4, 0.5) is 0 Å². The first-order chi connectivity index (χ1) is 9.23. The summed E-state index contributed by atoms with van der Waals surface area (Å²) in [7, 11) is -3.76. The van der Waals surface area contributed by atoms with E-state index in [-0.39, 0.29) is 11.5 Å². The van der Waals surface area contributed by atoms with Crippen LogP contribution in [0.15, 0.2) is 44.4 Å². The number of aliphatic hydroxyl groups excluding tert-OH is 1. The van der Waals surface area contributed by atoms with Gasteiger partial charge in [0.2, 0.25) is 10.0 Å². The summed E-state index contributed by atoms with van der Waals surface area (Å²) in [5.41, 5.74) is -1.14. The number of nitrogens with one attached hydrogen (secondary N) is 1. The van der Waals surface area contributed by atoms with Crippen LogP contribution in [0.25, 0.3) is 11.0 Å². The predicted octanol–water partition coefficient (Wildman–Crippen LogP) is 0.842. The zero-order valence-electron chi connectivity index (χ0n) is 11.1. The second kappa shape index (κ2) is 5.01. The zero-order chi connectivity index (χ0) is 15.0. The van der Waals surface area contributed by atoms with Crippen molar-refractivity contribution in [2.75, 3.05) is 6.61 Å². The molecular weight excluding hydrogens is 282 g/mol. The lowest BCUT2D eigenvalue weighted by Crippen LogP contribution is -2.46. The predicted molar refractivity (Wildman–Crippen MR) is 74.0 cm³/mol. The Morgan fingerprint density at radius 3 is 2.60 bits per heavy atom. The number of hydrogen-bond donors (Lipinski definition) is 2. The quantitative estimate of drug-likeness (QED) is 0.815. The second-order valence-electron chi connectivity index (χ2n) is 5.10. The van der Waals surface area contributed by atoms with Crippen LogP contribution in [0.1, 0.15) is 13.8 Å². The minimum absolute atomic E-state index is 0.0420. The summed E-state index contributed by atoms with van der Waals surface area (Å²) < 4.78 is 31.8. The van der Waals surface area contributed by atoms with E-state index in [0.29, 0.717) is 11.0 Å². The topological polar surface area (TPSA) is 96.6 Å². The van der Waals surface area contributed by atoms with Crippen LogP contribution in [-0.4, -0.2) is 25.7 Å². The van der Waals surface area contributed by atoms with Gasteiger partial charge in [0.15, 0.2) is 0 Å². The normalized spacial score (nSPS) is 12.8. The van der Waals surface area contributed by atoms with Gasteiger partial charge in [-0.15, -0.1) is 0 Å². The number of sulfonamides is 1. The summed E-state index contributed by atoms with van der Waals surface area (Å²) in [4.78, 5) is 11.1. The molecule has 2 aromatic rings. The Balaban J connectivity index is 2.47. The fourth-order valence-electron chi connectivity index (χ4n) is 1.67. The summed E-state index contributed by atoms with van der Waals surface area (Å²) >= 11 is 0. The van der Waals surface area contributed by atoms with Crippen molar-refractivity contribution in [1.82, 2.24) is 4.72 Å². The number of aliphatic hydroxyl groups is 1. The van der Waals surface area contributed by atoms with Crippen LogP contribution in [0.3, 0.4) is 0 Å². The highest BCUT2D eigenvalue weighted by atomic mass is 32.2. The Morgan fingerprint density at radius 2 is 1.95 bits per heavy atom. The molecule has 0 atom stereocenters. The molecule has 2 N–H and O–H groups in total. The molecule has 6 nitrogen and oxygen atoms in total. The van der Waals surface area contributed by atoms with Crippen molar-refractivity contribution in [3.05, 3.63) is 40.8 Å². The first-order valence-corrected chi connectivity index (χ1v) is 7.41. The largest absolute Gasteiger partial charge is 0.423 e. The Labute approximate surface area is 116 Å². The number of hydrogen-bond acceptors (Lipinski definition) is 5. The maximum absolute atomic E-state index is 12.2. The molecule has 0 bridgehead atoms. The monoisotopic (exact) mass is 297 g/mol. The van der Waals surface area contributed by atoms with E-state index in [1.54, 1.807) is 13.8 Å². The zero-order valence-corrected chi connectivity index (χ0v) is 11.9. The summed E-state index contributed by atoms with van der Waals surface area (Å²) in [6.07, 6.45) is 0. The molecule has 0 aliphatic carbocycles. The second-order valence-corrected chi connectivity index (χ2v) is 6.78. The molecule has 0 saturated heterocycles. The third kappa shape index (κ3) is 3.06. The Bertz CT molecular complexity index is 792. The fourth-order valence-corrected chi connectivity index (χ4v) is 3.11.